The number of ether oxygens (including phenoxy) is 1. The smallest absolute Gasteiger partial charge is 0.261 e. The normalized spacial score (nSPS) is 17.0. The minimum Gasteiger partial charge on any atom is -0.481 e. The minimum absolute atomic E-state index is 0.0197. The summed E-state index contributed by atoms with van der Waals surface area (Å²) in [4.78, 5) is 12.3. The predicted molar refractivity (Wildman–Crippen MR) is 90.2 cm³/mol. The van der Waals surface area contributed by atoms with Crippen LogP contribution in [0.25, 0.3) is 0 Å². The Kier molecular flexibility index (Phi) is 6.29. The van der Waals surface area contributed by atoms with Crippen molar-refractivity contribution in [1.82, 2.24) is 5.32 Å². The molecule has 122 valence electrons. The van der Waals surface area contributed by atoms with Gasteiger partial charge in [-0.15, -0.1) is 0 Å². The lowest BCUT2D eigenvalue weighted by Gasteiger charge is -2.23. The van der Waals surface area contributed by atoms with Crippen molar-refractivity contribution in [3.63, 3.8) is 0 Å². The molecule has 1 fully saturated rings. The zero-order valence-electron chi connectivity index (χ0n) is 14.2. The second-order valence-corrected chi connectivity index (χ2v) is 6.51. The molecule has 3 heteroatoms. The molecule has 1 aromatic rings. The van der Waals surface area contributed by atoms with E-state index in [1.807, 2.05) is 25.1 Å². The third-order valence-corrected chi connectivity index (χ3v) is 4.71. The maximum Gasteiger partial charge on any atom is 0.261 e. The van der Waals surface area contributed by atoms with Gasteiger partial charge in [0.15, 0.2) is 6.10 Å². The molecule has 1 aliphatic carbocycles. The van der Waals surface area contributed by atoms with Crippen LogP contribution in [0.5, 0.6) is 5.75 Å². The van der Waals surface area contributed by atoms with E-state index in [4.69, 9.17) is 4.74 Å². The molecule has 1 saturated carbocycles. The van der Waals surface area contributed by atoms with E-state index in [0.717, 1.165) is 12.3 Å². The summed E-state index contributed by atoms with van der Waals surface area (Å²) in [6, 6.07) is 5.99. The Hall–Kier alpha value is -1.51. The van der Waals surface area contributed by atoms with Gasteiger partial charge >= 0.3 is 0 Å². The third-order valence-electron chi connectivity index (χ3n) is 4.71. The number of hydrogen-bond donors (Lipinski definition) is 1. The van der Waals surface area contributed by atoms with Gasteiger partial charge in [0.1, 0.15) is 5.75 Å². The topological polar surface area (TPSA) is 38.3 Å². The fourth-order valence-electron chi connectivity index (χ4n) is 3.02. The van der Waals surface area contributed by atoms with Gasteiger partial charge in [-0.1, -0.05) is 32.3 Å². The number of carbonyl (C=O) groups excluding carboxylic acids is 1. The van der Waals surface area contributed by atoms with Crippen molar-refractivity contribution in [3.05, 3.63) is 29.3 Å². The van der Waals surface area contributed by atoms with E-state index in [9.17, 15) is 4.79 Å². The molecular weight excluding hydrogens is 274 g/mol. The van der Waals surface area contributed by atoms with Crippen molar-refractivity contribution < 1.29 is 9.53 Å². The van der Waals surface area contributed by atoms with Gasteiger partial charge in [0.25, 0.3) is 5.91 Å². The Bertz CT molecular complexity index is 492. The number of hydrogen-bond acceptors (Lipinski definition) is 2. The van der Waals surface area contributed by atoms with Crippen LogP contribution in [0.15, 0.2) is 18.2 Å². The summed E-state index contributed by atoms with van der Waals surface area (Å²) in [7, 11) is 0. The first kappa shape index (κ1) is 16.9. The summed E-state index contributed by atoms with van der Waals surface area (Å²) in [6.07, 6.45) is 6.73. The molecule has 1 atom stereocenters. The van der Waals surface area contributed by atoms with Crippen molar-refractivity contribution in [3.8, 4) is 5.75 Å². The number of aryl methyl sites for hydroxylation is 2. The highest BCUT2D eigenvalue weighted by molar-refractivity contribution is 5.81. The summed E-state index contributed by atoms with van der Waals surface area (Å²) < 4.78 is 5.89. The van der Waals surface area contributed by atoms with Gasteiger partial charge in [-0.25, -0.2) is 0 Å². The maximum absolute atomic E-state index is 12.3. The molecule has 2 rings (SSSR count). The van der Waals surface area contributed by atoms with Gasteiger partial charge < -0.3 is 10.1 Å². The first-order valence-corrected chi connectivity index (χ1v) is 8.61. The molecule has 1 N–H and O–H groups in total. The Morgan fingerprint density at radius 3 is 2.59 bits per heavy atom. The molecule has 0 heterocycles. The Balaban J connectivity index is 1.86. The highest BCUT2D eigenvalue weighted by atomic mass is 16.5. The molecule has 0 unspecified atom stereocenters. The molecule has 0 aliphatic heterocycles. The fourth-order valence-corrected chi connectivity index (χ4v) is 3.02. The fraction of sp³-hybridized carbons (Fsp3) is 0.632. The minimum atomic E-state index is -0.398. The Morgan fingerprint density at radius 1 is 1.23 bits per heavy atom. The van der Waals surface area contributed by atoms with Crippen LogP contribution in [-0.2, 0) is 4.79 Å². The monoisotopic (exact) mass is 303 g/mol. The van der Waals surface area contributed by atoms with E-state index in [-0.39, 0.29) is 5.91 Å². The first-order chi connectivity index (χ1) is 10.6. The average molecular weight is 303 g/mol. The molecule has 22 heavy (non-hydrogen) atoms. The van der Waals surface area contributed by atoms with Crippen molar-refractivity contribution in [2.24, 2.45) is 5.92 Å². The van der Waals surface area contributed by atoms with Crippen molar-refractivity contribution >= 4 is 5.91 Å². The van der Waals surface area contributed by atoms with Gasteiger partial charge in [-0.05, 0) is 62.3 Å². The van der Waals surface area contributed by atoms with Crippen LogP contribution in [-0.4, -0.2) is 18.6 Å². The molecule has 1 amide bonds. The zero-order valence-corrected chi connectivity index (χ0v) is 14.2. The Labute approximate surface area is 134 Å². The summed E-state index contributed by atoms with van der Waals surface area (Å²) in [5.41, 5.74) is 2.43. The van der Waals surface area contributed by atoms with E-state index in [1.54, 1.807) is 0 Å². The SMILES string of the molecule is CC[C@H](Oc1ccc(C)c(C)c1)C(=O)NCC1CCCCC1. The molecule has 1 aromatic carbocycles. The van der Waals surface area contributed by atoms with E-state index in [0.29, 0.717) is 12.3 Å². The average Bonchev–Trinajstić information content (AvgIpc) is 2.54. The molecule has 0 aromatic heterocycles. The van der Waals surface area contributed by atoms with E-state index in [1.165, 1.54) is 43.2 Å². The largest absolute Gasteiger partial charge is 0.481 e. The molecule has 0 radical (unpaired) electrons. The number of rotatable bonds is 6. The van der Waals surface area contributed by atoms with Crippen LogP contribution < -0.4 is 10.1 Å². The van der Waals surface area contributed by atoms with Crippen LogP contribution in [0.4, 0.5) is 0 Å². The standard InChI is InChI=1S/C19H29NO2/c1-4-18(22-17-11-10-14(2)15(3)12-17)19(21)20-13-16-8-6-5-7-9-16/h10-12,16,18H,4-9,13H2,1-3H3,(H,20,21)/t18-/m0/s1. The molecule has 0 spiro atoms. The molecular formula is C19H29NO2. The maximum atomic E-state index is 12.3. The Morgan fingerprint density at radius 2 is 1.95 bits per heavy atom. The van der Waals surface area contributed by atoms with Gasteiger partial charge in [-0.2, -0.15) is 0 Å². The molecule has 1 aliphatic rings. The first-order valence-electron chi connectivity index (χ1n) is 8.61. The third kappa shape index (κ3) is 4.75. The zero-order chi connectivity index (χ0) is 15.9. The summed E-state index contributed by atoms with van der Waals surface area (Å²) in [5, 5.41) is 3.09. The molecule has 0 bridgehead atoms. The summed E-state index contributed by atoms with van der Waals surface area (Å²) >= 11 is 0. The predicted octanol–water partition coefficient (Wildman–Crippen LogP) is 4.16. The number of carbonyl (C=O) groups is 1. The lowest BCUT2D eigenvalue weighted by molar-refractivity contribution is -0.128. The van der Waals surface area contributed by atoms with Crippen LogP contribution in [0, 0.1) is 19.8 Å². The van der Waals surface area contributed by atoms with Crippen LogP contribution >= 0.6 is 0 Å². The van der Waals surface area contributed by atoms with Gasteiger partial charge in [0.05, 0.1) is 0 Å². The molecule has 3 nitrogen and oxygen atoms in total. The van der Waals surface area contributed by atoms with Gasteiger partial charge in [0.2, 0.25) is 0 Å². The van der Waals surface area contributed by atoms with Crippen molar-refractivity contribution in [2.75, 3.05) is 6.54 Å². The number of amides is 1. The van der Waals surface area contributed by atoms with Crippen LogP contribution in [0.1, 0.15) is 56.6 Å². The lowest BCUT2D eigenvalue weighted by Crippen LogP contribution is -2.40. The quantitative estimate of drug-likeness (QED) is 0.857. The van der Waals surface area contributed by atoms with Crippen molar-refractivity contribution in [2.45, 2.75) is 65.4 Å². The van der Waals surface area contributed by atoms with Crippen LogP contribution in [0.2, 0.25) is 0 Å². The van der Waals surface area contributed by atoms with E-state index in [2.05, 4.69) is 19.2 Å². The number of nitrogens with one attached hydrogen (secondary N) is 1. The second-order valence-electron chi connectivity index (χ2n) is 6.51. The lowest BCUT2D eigenvalue weighted by atomic mass is 9.89. The summed E-state index contributed by atoms with van der Waals surface area (Å²) in [5.74, 6) is 1.45. The van der Waals surface area contributed by atoms with E-state index >= 15 is 0 Å². The van der Waals surface area contributed by atoms with Gasteiger partial charge in [0, 0.05) is 6.54 Å². The molecule has 0 saturated heterocycles. The second kappa shape index (κ2) is 8.21. The van der Waals surface area contributed by atoms with Crippen molar-refractivity contribution in [1.29, 1.82) is 0 Å². The summed E-state index contributed by atoms with van der Waals surface area (Å²) in [6.45, 7) is 6.93. The highest BCUT2D eigenvalue weighted by Crippen LogP contribution is 2.23. The van der Waals surface area contributed by atoms with E-state index < -0.39 is 6.10 Å². The highest BCUT2D eigenvalue weighted by Gasteiger charge is 2.20. The van der Waals surface area contributed by atoms with Gasteiger partial charge in [-0.3, -0.25) is 4.79 Å². The number of benzene rings is 1. The van der Waals surface area contributed by atoms with Crippen LogP contribution in [0.3, 0.4) is 0 Å².